The van der Waals surface area contributed by atoms with Gasteiger partial charge in [-0.1, -0.05) is 11.3 Å². The smallest absolute Gasteiger partial charge is 0.294 e. The van der Waals surface area contributed by atoms with Crippen LogP contribution in [0.3, 0.4) is 0 Å². The average Bonchev–Trinajstić information content (AvgIpc) is 2.57. The number of nitrogen functional groups attached to an aromatic ring is 1. The van der Waals surface area contributed by atoms with Gasteiger partial charge in [-0.2, -0.15) is 8.42 Å². The molecule has 0 spiro atoms. The van der Waals surface area contributed by atoms with E-state index in [1.54, 1.807) is 6.07 Å². The molecular formula is C7H7N3O3S2. The fourth-order valence-corrected chi connectivity index (χ4v) is 2.39. The largest absolute Gasteiger partial charge is 0.300 e. The van der Waals surface area contributed by atoms with Crippen LogP contribution in [0.4, 0.5) is 5.13 Å². The van der Waals surface area contributed by atoms with Gasteiger partial charge in [0.1, 0.15) is 0 Å². The molecule has 6 nitrogen and oxygen atoms in total. The third kappa shape index (κ3) is 1.92. The summed E-state index contributed by atoms with van der Waals surface area (Å²) >= 11 is 1.29. The highest BCUT2D eigenvalue weighted by molar-refractivity contribution is 7.85. The van der Waals surface area contributed by atoms with Crippen molar-refractivity contribution in [3.63, 3.8) is 0 Å². The Labute approximate surface area is 89.5 Å². The van der Waals surface area contributed by atoms with Gasteiger partial charge in [0.25, 0.3) is 10.1 Å². The Morgan fingerprint density at radius 3 is 2.80 bits per heavy atom. The number of nitrogens with zero attached hydrogens (tertiary/aromatic N) is 1. The van der Waals surface area contributed by atoms with Gasteiger partial charge in [0, 0.05) is 0 Å². The van der Waals surface area contributed by atoms with Gasteiger partial charge in [0.15, 0.2) is 5.13 Å². The number of thiazole rings is 1. The molecule has 0 saturated heterocycles. The molecule has 0 fully saturated rings. The minimum Gasteiger partial charge on any atom is -0.300 e. The second-order valence-electron chi connectivity index (χ2n) is 2.77. The van der Waals surface area contributed by atoms with Gasteiger partial charge in [0.05, 0.1) is 15.1 Å². The molecule has 0 atom stereocenters. The van der Waals surface area contributed by atoms with Crippen LogP contribution in [-0.2, 0) is 10.1 Å². The predicted molar refractivity (Wildman–Crippen MR) is 57.2 cm³/mol. The van der Waals surface area contributed by atoms with Crippen LogP contribution < -0.4 is 11.3 Å². The lowest BCUT2D eigenvalue weighted by molar-refractivity contribution is 0.483. The van der Waals surface area contributed by atoms with Crippen molar-refractivity contribution in [2.24, 2.45) is 5.84 Å². The van der Waals surface area contributed by atoms with Crippen LogP contribution in [0.1, 0.15) is 0 Å². The summed E-state index contributed by atoms with van der Waals surface area (Å²) in [7, 11) is -4.18. The molecule has 2 aromatic rings. The number of anilines is 1. The lowest BCUT2D eigenvalue weighted by atomic mass is 10.3. The van der Waals surface area contributed by atoms with Gasteiger partial charge in [-0.3, -0.25) is 9.98 Å². The molecule has 2 rings (SSSR count). The van der Waals surface area contributed by atoms with Crippen molar-refractivity contribution in [1.29, 1.82) is 0 Å². The SMILES string of the molecule is NNc1nc2cc(S(=O)(=O)O)ccc2s1. The van der Waals surface area contributed by atoms with E-state index in [4.69, 9.17) is 10.4 Å². The van der Waals surface area contributed by atoms with Crippen molar-refractivity contribution in [2.45, 2.75) is 4.90 Å². The topological polar surface area (TPSA) is 105 Å². The van der Waals surface area contributed by atoms with Gasteiger partial charge in [-0.15, -0.1) is 0 Å². The minimum atomic E-state index is -4.18. The molecule has 4 N–H and O–H groups in total. The first-order chi connectivity index (χ1) is 7.00. The van der Waals surface area contributed by atoms with Crippen molar-refractivity contribution in [1.82, 2.24) is 4.98 Å². The summed E-state index contributed by atoms with van der Waals surface area (Å²) in [5, 5.41) is 0.484. The summed E-state index contributed by atoms with van der Waals surface area (Å²) in [5.41, 5.74) is 2.85. The molecule has 0 amide bonds. The van der Waals surface area contributed by atoms with Crippen molar-refractivity contribution in [2.75, 3.05) is 5.43 Å². The monoisotopic (exact) mass is 245 g/mol. The van der Waals surface area contributed by atoms with E-state index in [-0.39, 0.29) is 4.90 Å². The Hall–Kier alpha value is -1.22. The zero-order valence-electron chi connectivity index (χ0n) is 7.34. The highest BCUT2D eigenvalue weighted by Gasteiger charge is 2.11. The van der Waals surface area contributed by atoms with E-state index in [1.165, 1.54) is 23.5 Å². The number of benzene rings is 1. The van der Waals surface area contributed by atoms with Crippen molar-refractivity contribution in [3.8, 4) is 0 Å². The first-order valence-electron chi connectivity index (χ1n) is 3.85. The predicted octanol–water partition coefficient (Wildman–Crippen LogP) is 0.829. The molecule has 0 aliphatic heterocycles. The number of nitrogens with one attached hydrogen (secondary N) is 1. The van der Waals surface area contributed by atoms with Crippen molar-refractivity contribution < 1.29 is 13.0 Å². The first kappa shape index (κ1) is 10.3. The van der Waals surface area contributed by atoms with Crippen LogP contribution in [0.15, 0.2) is 23.1 Å². The number of hydrogen-bond donors (Lipinski definition) is 3. The number of hydrazine groups is 1. The second kappa shape index (κ2) is 3.42. The molecule has 0 aliphatic rings. The normalized spacial score (nSPS) is 11.9. The molecule has 0 unspecified atom stereocenters. The molecule has 1 aromatic carbocycles. The van der Waals surface area contributed by atoms with Crippen LogP contribution in [0.5, 0.6) is 0 Å². The van der Waals surface area contributed by atoms with Crippen LogP contribution >= 0.6 is 11.3 Å². The minimum absolute atomic E-state index is 0.177. The Bertz CT molecular complexity index is 605. The van der Waals surface area contributed by atoms with Gasteiger partial charge < -0.3 is 0 Å². The molecule has 0 aliphatic carbocycles. The molecule has 15 heavy (non-hydrogen) atoms. The molecular weight excluding hydrogens is 238 g/mol. The summed E-state index contributed by atoms with van der Waals surface area (Å²) in [6.45, 7) is 0. The van der Waals surface area contributed by atoms with Crippen LogP contribution in [-0.4, -0.2) is 18.0 Å². The number of nitrogens with two attached hydrogens (primary N) is 1. The standard InChI is InChI=1S/C7H7N3O3S2/c8-10-7-9-5-3-4(15(11,12)13)1-2-6(5)14-7/h1-3H,8H2,(H,9,10)(H,11,12,13). The molecule has 0 bridgehead atoms. The Morgan fingerprint density at radius 1 is 1.47 bits per heavy atom. The molecule has 1 heterocycles. The Kier molecular flexibility index (Phi) is 2.35. The third-order valence-electron chi connectivity index (χ3n) is 1.78. The summed E-state index contributed by atoms with van der Waals surface area (Å²) in [6, 6.07) is 4.18. The van der Waals surface area contributed by atoms with Crippen LogP contribution in [0.25, 0.3) is 10.2 Å². The van der Waals surface area contributed by atoms with Gasteiger partial charge >= 0.3 is 0 Å². The van der Waals surface area contributed by atoms with Gasteiger partial charge in [-0.05, 0) is 18.2 Å². The molecule has 0 radical (unpaired) electrons. The van der Waals surface area contributed by atoms with E-state index in [9.17, 15) is 8.42 Å². The van der Waals surface area contributed by atoms with E-state index >= 15 is 0 Å². The molecule has 80 valence electrons. The average molecular weight is 245 g/mol. The van der Waals surface area contributed by atoms with E-state index in [2.05, 4.69) is 10.4 Å². The molecule has 8 heteroatoms. The summed E-state index contributed by atoms with van der Waals surface area (Å²) in [6.07, 6.45) is 0. The van der Waals surface area contributed by atoms with E-state index in [0.29, 0.717) is 10.6 Å². The summed E-state index contributed by atoms with van der Waals surface area (Å²) in [4.78, 5) is 3.84. The molecule has 0 saturated carbocycles. The number of rotatable bonds is 2. The quantitative estimate of drug-likeness (QED) is 0.411. The highest BCUT2D eigenvalue weighted by Crippen LogP contribution is 2.27. The Balaban J connectivity index is 2.66. The van der Waals surface area contributed by atoms with Crippen LogP contribution in [0, 0.1) is 0 Å². The highest BCUT2D eigenvalue weighted by atomic mass is 32.2. The fraction of sp³-hybridized carbons (Fsp3) is 0. The van der Waals surface area contributed by atoms with Gasteiger partial charge in [0.2, 0.25) is 0 Å². The summed E-state index contributed by atoms with van der Waals surface area (Å²) < 4.78 is 31.3. The van der Waals surface area contributed by atoms with Gasteiger partial charge in [-0.25, -0.2) is 10.8 Å². The summed E-state index contributed by atoms with van der Waals surface area (Å²) in [5.74, 6) is 5.17. The zero-order valence-corrected chi connectivity index (χ0v) is 8.97. The fourth-order valence-electron chi connectivity index (χ4n) is 1.13. The van der Waals surface area contributed by atoms with Crippen molar-refractivity contribution >= 4 is 36.8 Å². The lowest BCUT2D eigenvalue weighted by Gasteiger charge is -1.94. The first-order valence-corrected chi connectivity index (χ1v) is 6.11. The number of hydrogen-bond acceptors (Lipinski definition) is 6. The maximum absolute atomic E-state index is 10.8. The third-order valence-corrected chi connectivity index (χ3v) is 3.60. The van der Waals surface area contributed by atoms with Crippen molar-refractivity contribution in [3.05, 3.63) is 18.2 Å². The zero-order chi connectivity index (χ0) is 11.1. The maximum Gasteiger partial charge on any atom is 0.294 e. The van der Waals surface area contributed by atoms with E-state index < -0.39 is 10.1 Å². The second-order valence-corrected chi connectivity index (χ2v) is 5.22. The molecule has 1 aromatic heterocycles. The van der Waals surface area contributed by atoms with E-state index in [1.807, 2.05) is 0 Å². The van der Waals surface area contributed by atoms with Crippen LogP contribution in [0.2, 0.25) is 0 Å². The lowest BCUT2D eigenvalue weighted by Crippen LogP contribution is -2.05. The maximum atomic E-state index is 10.8. The Morgan fingerprint density at radius 2 is 2.20 bits per heavy atom. The van der Waals surface area contributed by atoms with E-state index in [0.717, 1.165) is 4.70 Å². The number of fused-ring (bicyclic) bond motifs is 1. The number of aromatic nitrogens is 1.